The molecule has 4 rings (SSSR count). The van der Waals surface area contributed by atoms with Crippen molar-refractivity contribution in [3.63, 3.8) is 0 Å². The Bertz CT molecular complexity index is 1220. The smallest absolute Gasteiger partial charge is 0.224 e. The van der Waals surface area contributed by atoms with Gasteiger partial charge >= 0.3 is 0 Å². The Morgan fingerprint density at radius 1 is 1.17 bits per heavy atom. The molecule has 1 aromatic heterocycles. The molecule has 0 saturated carbocycles. The number of carbonyl (C=O) groups is 1. The normalized spacial score (nSPS) is 14.0. The summed E-state index contributed by atoms with van der Waals surface area (Å²) in [7, 11) is 0. The van der Waals surface area contributed by atoms with Crippen LogP contribution in [0.1, 0.15) is 28.7 Å². The second-order valence-electron chi connectivity index (χ2n) is 8.86. The Kier molecular flexibility index (Phi) is 7.84. The summed E-state index contributed by atoms with van der Waals surface area (Å²) in [5.74, 6) is -0.269. The highest BCUT2D eigenvalue weighted by Gasteiger charge is 2.13. The van der Waals surface area contributed by atoms with Crippen LogP contribution in [0.3, 0.4) is 0 Å². The van der Waals surface area contributed by atoms with Crippen molar-refractivity contribution in [1.82, 2.24) is 15.2 Å². The molecule has 0 spiro atoms. The number of pyridine rings is 1. The van der Waals surface area contributed by atoms with Crippen molar-refractivity contribution >= 4 is 23.6 Å². The van der Waals surface area contributed by atoms with E-state index >= 15 is 0 Å². The lowest BCUT2D eigenvalue weighted by Crippen LogP contribution is -2.42. The number of nitrogen functional groups attached to an aromatic ring is 1. The van der Waals surface area contributed by atoms with Crippen LogP contribution in [0.15, 0.2) is 48.7 Å². The predicted octanol–water partition coefficient (Wildman–Crippen LogP) is 3.75. The summed E-state index contributed by atoms with van der Waals surface area (Å²) in [6, 6.07) is 12.6. The number of halogens is 1. The van der Waals surface area contributed by atoms with Gasteiger partial charge in [-0.2, -0.15) is 0 Å². The molecule has 1 saturated heterocycles. The zero-order valence-corrected chi connectivity index (χ0v) is 19.9. The Morgan fingerprint density at radius 3 is 2.66 bits per heavy atom. The first-order chi connectivity index (χ1) is 16.9. The van der Waals surface area contributed by atoms with E-state index in [4.69, 9.17) is 11.1 Å². The number of piperazine rings is 1. The summed E-state index contributed by atoms with van der Waals surface area (Å²) < 4.78 is 14.7. The average molecular weight is 475 g/mol. The minimum absolute atomic E-state index is 0.152. The Hall–Kier alpha value is -3.62. The number of amides is 1. The summed E-state index contributed by atoms with van der Waals surface area (Å²) in [5.41, 5.74) is 11.2. The molecule has 1 amide bonds. The summed E-state index contributed by atoms with van der Waals surface area (Å²) >= 11 is 0. The molecule has 1 aliphatic rings. The number of nitrogens with zero attached hydrogens (tertiary/aromatic N) is 2. The number of carbonyl (C=O) groups excluding carboxylic acids is 1. The van der Waals surface area contributed by atoms with Crippen LogP contribution in [0, 0.1) is 18.2 Å². The summed E-state index contributed by atoms with van der Waals surface area (Å²) in [6.07, 6.45) is 3.15. The van der Waals surface area contributed by atoms with Crippen LogP contribution >= 0.6 is 0 Å². The zero-order valence-electron chi connectivity index (χ0n) is 19.9. The molecule has 7 nitrogen and oxygen atoms in total. The minimum atomic E-state index is -0.378. The molecule has 35 heavy (non-hydrogen) atoms. The number of nitrogens with two attached hydrogens (primary N) is 1. The lowest BCUT2D eigenvalue weighted by atomic mass is 10.0. The molecule has 0 atom stereocenters. The van der Waals surface area contributed by atoms with Crippen molar-refractivity contribution < 1.29 is 9.18 Å². The number of benzene rings is 2. The molecule has 0 aliphatic carbocycles. The SMILES string of the molecule is Cc1cc(NC(=O)CCc2ccc(-c3cnc(N)c(C=N)c3)cc2F)ccc1CN1CCNCC1. The third-order valence-corrected chi connectivity index (χ3v) is 6.34. The largest absolute Gasteiger partial charge is 0.383 e. The highest BCUT2D eigenvalue weighted by molar-refractivity contribution is 5.91. The number of anilines is 2. The maximum Gasteiger partial charge on any atom is 0.224 e. The standard InChI is InChI=1S/C27H31FN6O/c1-18-12-24(6-4-21(18)17-34-10-8-31-9-11-34)33-26(35)7-5-19-2-3-20(14-25(19)28)23-13-22(15-29)27(30)32-16-23/h2-4,6,12-16,29,31H,5,7-11,17H2,1H3,(H2,30,32)(H,33,35). The quantitative estimate of drug-likeness (QED) is 0.372. The van der Waals surface area contributed by atoms with E-state index in [1.165, 1.54) is 11.6 Å². The number of hydrogen-bond acceptors (Lipinski definition) is 6. The fourth-order valence-electron chi connectivity index (χ4n) is 4.23. The zero-order chi connectivity index (χ0) is 24.8. The minimum Gasteiger partial charge on any atom is -0.383 e. The first-order valence-electron chi connectivity index (χ1n) is 11.8. The van der Waals surface area contributed by atoms with Gasteiger partial charge in [-0.05, 0) is 59.9 Å². The van der Waals surface area contributed by atoms with Gasteiger partial charge in [-0.25, -0.2) is 9.37 Å². The molecule has 1 aliphatic heterocycles. The summed E-state index contributed by atoms with van der Waals surface area (Å²) in [5, 5.41) is 13.7. The van der Waals surface area contributed by atoms with E-state index in [1.807, 2.05) is 12.1 Å². The van der Waals surface area contributed by atoms with Crippen molar-refractivity contribution in [3.8, 4) is 11.1 Å². The van der Waals surface area contributed by atoms with Crippen molar-refractivity contribution in [3.05, 3.63) is 76.7 Å². The van der Waals surface area contributed by atoms with Crippen molar-refractivity contribution in [2.75, 3.05) is 37.2 Å². The number of aryl methyl sites for hydroxylation is 2. The van der Waals surface area contributed by atoms with Crippen molar-refractivity contribution in [1.29, 1.82) is 5.41 Å². The van der Waals surface area contributed by atoms with Gasteiger partial charge in [-0.1, -0.05) is 18.2 Å². The van der Waals surface area contributed by atoms with Gasteiger partial charge in [-0.15, -0.1) is 0 Å². The van der Waals surface area contributed by atoms with E-state index in [0.29, 0.717) is 28.7 Å². The number of rotatable bonds is 8. The Balaban J connectivity index is 1.33. The number of aromatic nitrogens is 1. The molecule has 0 bridgehead atoms. The van der Waals surface area contributed by atoms with E-state index in [9.17, 15) is 9.18 Å². The maximum atomic E-state index is 14.7. The first-order valence-corrected chi connectivity index (χ1v) is 11.8. The van der Waals surface area contributed by atoms with Crippen molar-refractivity contribution in [2.24, 2.45) is 0 Å². The van der Waals surface area contributed by atoms with Gasteiger partial charge in [-0.3, -0.25) is 9.69 Å². The number of hydrogen-bond donors (Lipinski definition) is 4. The lowest BCUT2D eigenvalue weighted by molar-refractivity contribution is -0.116. The van der Waals surface area contributed by atoms with E-state index in [1.54, 1.807) is 24.4 Å². The third kappa shape index (κ3) is 6.29. The Labute approximate surface area is 205 Å². The van der Waals surface area contributed by atoms with Crippen LogP contribution in [-0.2, 0) is 17.8 Å². The van der Waals surface area contributed by atoms with Crippen LogP contribution in [-0.4, -0.2) is 48.2 Å². The second kappa shape index (κ2) is 11.2. The maximum absolute atomic E-state index is 14.7. The van der Waals surface area contributed by atoms with Crippen LogP contribution in [0.25, 0.3) is 11.1 Å². The van der Waals surface area contributed by atoms with Gasteiger partial charge in [0.05, 0.1) is 0 Å². The van der Waals surface area contributed by atoms with E-state index in [2.05, 4.69) is 33.5 Å². The molecule has 8 heteroatoms. The molecule has 0 unspecified atom stereocenters. The van der Waals surface area contributed by atoms with Crippen LogP contribution in [0.4, 0.5) is 15.9 Å². The van der Waals surface area contributed by atoms with Crippen LogP contribution in [0.2, 0.25) is 0 Å². The summed E-state index contributed by atoms with van der Waals surface area (Å²) in [4.78, 5) is 19.0. The first kappa shape index (κ1) is 24.5. The summed E-state index contributed by atoms with van der Waals surface area (Å²) in [6.45, 7) is 7.08. The van der Waals surface area contributed by atoms with E-state index in [0.717, 1.165) is 50.2 Å². The van der Waals surface area contributed by atoms with E-state index < -0.39 is 0 Å². The van der Waals surface area contributed by atoms with Gasteiger partial charge in [0.25, 0.3) is 0 Å². The topological polar surface area (TPSA) is 107 Å². The van der Waals surface area contributed by atoms with Crippen LogP contribution in [0.5, 0.6) is 0 Å². The lowest BCUT2D eigenvalue weighted by Gasteiger charge is -2.27. The molecule has 5 N–H and O–H groups in total. The van der Waals surface area contributed by atoms with E-state index in [-0.39, 0.29) is 24.0 Å². The molecule has 2 heterocycles. The highest BCUT2D eigenvalue weighted by Crippen LogP contribution is 2.24. The molecule has 182 valence electrons. The van der Waals surface area contributed by atoms with Gasteiger partial charge in [0.2, 0.25) is 5.91 Å². The highest BCUT2D eigenvalue weighted by atomic mass is 19.1. The fourth-order valence-corrected chi connectivity index (χ4v) is 4.23. The van der Waals surface area contributed by atoms with Crippen molar-refractivity contribution in [2.45, 2.75) is 26.3 Å². The monoisotopic (exact) mass is 474 g/mol. The second-order valence-corrected chi connectivity index (χ2v) is 8.86. The Morgan fingerprint density at radius 2 is 1.94 bits per heavy atom. The van der Waals surface area contributed by atoms with Gasteiger partial charge in [0.1, 0.15) is 11.6 Å². The van der Waals surface area contributed by atoms with Gasteiger partial charge in [0, 0.05) is 68.4 Å². The van der Waals surface area contributed by atoms with Gasteiger partial charge < -0.3 is 21.8 Å². The molecular weight excluding hydrogens is 443 g/mol. The van der Waals surface area contributed by atoms with Crippen LogP contribution < -0.4 is 16.4 Å². The fraction of sp³-hybridized carbons (Fsp3) is 0.296. The predicted molar refractivity (Wildman–Crippen MR) is 138 cm³/mol. The molecule has 2 aromatic carbocycles. The molecule has 3 aromatic rings. The molecule has 0 radical (unpaired) electrons. The third-order valence-electron chi connectivity index (χ3n) is 6.34. The number of nitrogens with one attached hydrogen (secondary N) is 3. The van der Waals surface area contributed by atoms with Gasteiger partial charge in [0.15, 0.2) is 0 Å². The average Bonchev–Trinajstić information content (AvgIpc) is 2.86. The molecular formula is C27H31FN6O. The molecule has 1 fully saturated rings.